The Morgan fingerprint density at radius 1 is 1.30 bits per heavy atom. The summed E-state index contributed by atoms with van der Waals surface area (Å²) in [6.45, 7) is 7.92. The van der Waals surface area contributed by atoms with Crippen LogP contribution in [0.5, 0.6) is 0 Å². The molecule has 1 fully saturated rings. The van der Waals surface area contributed by atoms with E-state index in [9.17, 15) is 4.79 Å². The monoisotopic (exact) mass is 324 g/mol. The molecule has 3 nitrogen and oxygen atoms in total. The van der Waals surface area contributed by atoms with Crippen LogP contribution in [0.25, 0.3) is 17.2 Å². The van der Waals surface area contributed by atoms with Gasteiger partial charge in [0, 0.05) is 24.0 Å². The molecule has 1 amide bonds. The number of amides is 1. The Hall–Kier alpha value is -2.07. The van der Waals surface area contributed by atoms with Crippen molar-refractivity contribution in [2.75, 3.05) is 5.75 Å². The molecule has 118 valence electrons. The van der Waals surface area contributed by atoms with E-state index in [-0.39, 0.29) is 17.3 Å². The molecule has 0 N–H and O–H groups in total. The summed E-state index contributed by atoms with van der Waals surface area (Å²) < 4.78 is 0. The summed E-state index contributed by atoms with van der Waals surface area (Å²) in [5.41, 5.74) is 4.44. The number of pyridine rings is 1. The van der Waals surface area contributed by atoms with Crippen LogP contribution in [0.4, 0.5) is 0 Å². The van der Waals surface area contributed by atoms with E-state index in [0.717, 1.165) is 22.3 Å². The summed E-state index contributed by atoms with van der Waals surface area (Å²) in [7, 11) is 0. The molecule has 1 aliphatic heterocycles. The zero-order valence-electron chi connectivity index (χ0n) is 13.4. The summed E-state index contributed by atoms with van der Waals surface area (Å²) in [4.78, 5) is 18.5. The number of carbonyl (C=O) groups excluding carboxylic acids is 1. The van der Waals surface area contributed by atoms with E-state index >= 15 is 0 Å². The van der Waals surface area contributed by atoms with Crippen LogP contribution < -0.4 is 0 Å². The van der Waals surface area contributed by atoms with Crippen LogP contribution in [-0.4, -0.2) is 27.6 Å². The summed E-state index contributed by atoms with van der Waals surface area (Å²) in [6.07, 6.45) is 5.53. The van der Waals surface area contributed by atoms with Gasteiger partial charge in [-0.3, -0.25) is 9.78 Å². The summed E-state index contributed by atoms with van der Waals surface area (Å²) in [5, 5.41) is 0.0552. The highest BCUT2D eigenvalue weighted by Crippen LogP contribution is 2.43. The van der Waals surface area contributed by atoms with Gasteiger partial charge in [-0.05, 0) is 36.6 Å². The summed E-state index contributed by atoms with van der Waals surface area (Å²) in [6, 6.07) is 10.5. The fourth-order valence-electron chi connectivity index (χ4n) is 2.89. The molecule has 0 radical (unpaired) electrons. The predicted octanol–water partition coefficient (Wildman–Crippen LogP) is 4.37. The third-order valence-corrected chi connectivity index (χ3v) is 5.25. The second-order valence-electron chi connectivity index (χ2n) is 5.85. The van der Waals surface area contributed by atoms with Crippen molar-refractivity contribution in [3.8, 4) is 11.1 Å². The molecule has 1 aromatic heterocycles. The molecule has 1 aromatic carbocycles. The number of thioether (sulfide) groups is 1. The van der Waals surface area contributed by atoms with Crippen molar-refractivity contribution < 1.29 is 4.79 Å². The normalized spacial score (nSPS) is 17.8. The minimum Gasteiger partial charge on any atom is -0.323 e. The number of hydrogen-bond donors (Lipinski definition) is 0. The Morgan fingerprint density at radius 2 is 2.04 bits per heavy atom. The van der Waals surface area contributed by atoms with Crippen molar-refractivity contribution in [3.05, 3.63) is 60.4 Å². The highest BCUT2D eigenvalue weighted by atomic mass is 32.2. The zero-order chi connectivity index (χ0) is 16.4. The largest absolute Gasteiger partial charge is 0.323 e. The third kappa shape index (κ3) is 3.04. The molecule has 0 saturated carbocycles. The van der Waals surface area contributed by atoms with Crippen LogP contribution in [0.3, 0.4) is 0 Å². The second kappa shape index (κ2) is 6.59. The quantitative estimate of drug-likeness (QED) is 0.837. The highest BCUT2D eigenvalue weighted by molar-refractivity contribution is 8.00. The zero-order valence-corrected chi connectivity index (χ0v) is 14.2. The van der Waals surface area contributed by atoms with Gasteiger partial charge in [0.15, 0.2) is 0 Å². The van der Waals surface area contributed by atoms with Crippen LogP contribution in [0.15, 0.2) is 49.3 Å². The maximum Gasteiger partial charge on any atom is 0.234 e. The maximum atomic E-state index is 12.2. The molecule has 3 rings (SSSR count). The smallest absolute Gasteiger partial charge is 0.234 e. The van der Waals surface area contributed by atoms with Gasteiger partial charge < -0.3 is 4.90 Å². The molecule has 0 aliphatic carbocycles. The summed E-state index contributed by atoms with van der Waals surface area (Å²) in [5.74, 6) is 0.750. The first-order chi connectivity index (χ1) is 11.1. The Labute approximate surface area is 141 Å². The third-order valence-electron chi connectivity index (χ3n) is 4.04. The van der Waals surface area contributed by atoms with E-state index in [2.05, 4.69) is 37.5 Å². The van der Waals surface area contributed by atoms with Gasteiger partial charge in [0.2, 0.25) is 5.91 Å². The van der Waals surface area contributed by atoms with E-state index in [4.69, 9.17) is 0 Å². The van der Waals surface area contributed by atoms with Gasteiger partial charge in [0.05, 0.1) is 5.75 Å². The fourth-order valence-corrected chi connectivity index (χ4v) is 4.25. The molecular weight excluding hydrogens is 304 g/mol. The molecule has 1 saturated heterocycles. The van der Waals surface area contributed by atoms with E-state index in [0.29, 0.717) is 5.75 Å². The number of benzene rings is 1. The van der Waals surface area contributed by atoms with Crippen molar-refractivity contribution in [3.63, 3.8) is 0 Å². The molecule has 0 spiro atoms. The van der Waals surface area contributed by atoms with E-state index in [1.165, 1.54) is 0 Å². The molecular formula is C19H20N2OS. The number of rotatable bonds is 4. The standard InChI is InChI=1S/C19H20N2OS/c1-4-14-5-7-15(8-6-14)17-11-20-10-9-16(17)19-21(13(2)3)18(22)12-23-19/h4-11,13,19H,1,12H2,2-3H3. The SMILES string of the molecule is C=Cc1ccc(-c2cnccc2C2SCC(=O)N2C(C)C)cc1. The van der Waals surface area contributed by atoms with Gasteiger partial charge in [-0.25, -0.2) is 0 Å². The van der Waals surface area contributed by atoms with Crippen LogP contribution >= 0.6 is 11.8 Å². The average Bonchev–Trinajstić information content (AvgIpc) is 2.96. The average molecular weight is 324 g/mol. The van der Waals surface area contributed by atoms with Crippen molar-refractivity contribution in [1.82, 2.24) is 9.88 Å². The van der Waals surface area contributed by atoms with Crippen LogP contribution in [0, 0.1) is 0 Å². The van der Waals surface area contributed by atoms with Gasteiger partial charge in [0.1, 0.15) is 5.37 Å². The number of carbonyl (C=O) groups is 1. The Kier molecular flexibility index (Phi) is 4.53. The first-order valence-electron chi connectivity index (χ1n) is 7.71. The second-order valence-corrected chi connectivity index (χ2v) is 6.92. The molecule has 23 heavy (non-hydrogen) atoms. The molecule has 2 aromatic rings. The van der Waals surface area contributed by atoms with Crippen molar-refractivity contribution >= 4 is 23.7 Å². The molecule has 1 unspecified atom stereocenters. The molecule has 2 heterocycles. The first kappa shape index (κ1) is 15.8. The van der Waals surface area contributed by atoms with E-state index in [1.807, 2.05) is 35.4 Å². The van der Waals surface area contributed by atoms with E-state index < -0.39 is 0 Å². The Morgan fingerprint density at radius 3 is 2.70 bits per heavy atom. The molecule has 4 heteroatoms. The maximum absolute atomic E-state index is 12.2. The van der Waals surface area contributed by atoms with Gasteiger partial charge >= 0.3 is 0 Å². The fraction of sp³-hybridized carbons (Fsp3) is 0.263. The van der Waals surface area contributed by atoms with Crippen molar-refractivity contribution in [2.24, 2.45) is 0 Å². The van der Waals surface area contributed by atoms with Gasteiger partial charge in [-0.2, -0.15) is 0 Å². The first-order valence-corrected chi connectivity index (χ1v) is 8.76. The number of hydrogen-bond acceptors (Lipinski definition) is 3. The van der Waals surface area contributed by atoms with Gasteiger partial charge in [-0.15, -0.1) is 11.8 Å². The van der Waals surface area contributed by atoms with Crippen LogP contribution in [0.1, 0.15) is 30.3 Å². The van der Waals surface area contributed by atoms with Gasteiger partial charge in [0.25, 0.3) is 0 Å². The van der Waals surface area contributed by atoms with Crippen LogP contribution in [0.2, 0.25) is 0 Å². The number of aromatic nitrogens is 1. The highest BCUT2D eigenvalue weighted by Gasteiger charge is 2.35. The lowest BCUT2D eigenvalue weighted by Gasteiger charge is -2.29. The van der Waals surface area contributed by atoms with Crippen molar-refractivity contribution in [1.29, 1.82) is 0 Å². The van der Waals surface area contributed by atoms with Crippen LogP contribution in [-0.2, 0) is 4.79 Å². The molecule has 1 aliphatic rings. The Bertz CT molecular complexity index is 724. The Balaban J connectivity index is 2.03. The van der Waals surface area contributed by atoms with Gasteiger partial charge in [-0.1, -0.05) is 36.9 Å². The van der Waals surface area contributed by atoms with Crippen molar-refractivity contribution in [2.45, 2.75) is 25.3 Å². The lowest BCUT2D eigenvalue weighted by molar-refractivity contribution is -0.129. The lowest BCUT2D eigenvalue weighted by Crippen LogP contribution is -2.34. The minimum absolute atomic E-state index is 0.0552. The number of nitrogens with zero attached hydrogens (tertiary/aromatic N) is 2. The minimum atomic E-state index is 0.0552. The topological polar surface area (TPSA) is 33.2 Å². The molecule has 1 atom stereocenters. The van der Waals surface area contributed by atoms with E-state index in [1.54, 1.807) is 18.0 Å². The summed E-state index contributed by atoms with van der Waals surface area (Å²) >= 11 is 1.69. The predicted molar refractivity (Wildman–Crippen MR) is 96.9 cm³/mol. The molecule has 0 bridgehead atoms. The lowest BCUT2D eigenvalue weighted by atomic mass is 10.00.